The summed E-state index contributed by atoms with van der Waals surface area (Å²) in [5.41, 5.74) is 0. The summed E-state index contributed by atoms with van der Waals surface area (Å²) >= 11 is 0. The number of carbonyl (C=O) groups excluding carboxylic acids is 3. The van der Waals surface area contributed by atoms with Crippen molar-refractivity contribution in [3.05, 3.63) is 109 Å². The van der Waals surface area contributed by atoms with Crippen LogP contribution in [-0.4, -0.2) is 37.2 Å². The molecule has 0 aromatic carbocycles. The number of hydrogen-bond donors (Lipinski definition) is 0. The number of esters is 3. The van der Waals surface area contributed by atoms with Gasteiger partial charge >= 0.3 is 17.9 Å². The van der Waals surface area contributed by atoms with Crippen LogP contribution < -0.4 is 0 Å². The fourth-order valence-electron chi connectivity index (χ4n) is 10.0. The molecular weight excluding hydrogens is 1020 g/mol. The van der Waals surface area contributed by atoms with E-state index in [2.05, 4.69) is 130 Å². The van der Waals surface area contributed by atoms with Crippen LogP contribution in [0.15, 0.2) is 109 Å². The molecule has 1 unspecified atom stereocenters. The Bertz CT molecular complexity index is 1660. The lowest BCUT2D eigenvalue weighted by Gasteiger charge is -2.18. The largest absolute Gasteiger partial charge is 0.462 e. The summed E-state index contributed by atoms with van der Waals surface area (Å²) in [7, 11) is 0. The Hall–Kier alpha value is -3.93. The highest BCUT2D eigenvalue weighted by atomic mass is 16.6. The Morgan fingerprint density at radius 2 is 0.470 bits per heavy atom. The second-order valence-electron chi connectivity index (χ2n) is 23.4. The van der Waals surface area contributed by atoms with E-state index in [-0.39, 0.29) is 31.1 Å². The molecule has 6 heteroatoms. The first-order valence-corrected chi connectivity index (χ1v) is 35.4. The minimum absolute atomic E-state index is 0.0800. The molecule has 0 aliphatic heterocycles. The maximum absolute atomic E-state index is 12.9. The van der Waals surface area contributed by atoms with Gasteiger partial charge in [0.25, 0.3) is 0 Å². The van der Waals surface area contributed by atoms with Crippen LogP contribution >= 0.6 is 0 Å². The Kier molecular flexibility index (Phi) is 67.2. The predicted molar refractivity (Wildman–Crippen MR) is 362 cm³/mol. The summed E-state index contributed by atoms with van der Waals surface area (Å²) in [6.07, 6.45) is 96.9. The molecule has 0 radical (unpaired) electrons. The van der Waals surface area contributed by atoms with Gasteiger partial charge in [-0.15, -0.1) is 0 Å². The molecule has 0 spiro atoms. The summed E-state index contributed by atoms with van der Waals surface area (Å²) in [5.74, 6) is -0.886. The van der Waals surface area contributed by atoms with Crippen LogP contribution in [0.1, 0.15) is 342 Å². The van der Waals surface area contributed by atoms with Crippen LogP contribution in [-0.2, 0) is 28.6 Å². The van der Waals surface area contributed by atoms with E-state index in [1.54, 1.807) is 0 Å². The molecule has 0 aliphatic rings. The lowest BCUT2D eigenvalue weighted by molar-refractivity contribution is -0.167. The minimum atomic E-state index is -0.784. The average molecular weight is 1150 g/mol. The zero-order valence-electron chi connectivity index (χ0n) is 54.7. The minimum Gasteiger partial charge on any atom is -0.462 e. The van der Waals surface area contributed by atoms with Gasteiger partial charge in [0.1, 0.15) is 13.2 Å². The lowest BCUT2D eigenvalue weighted by Crippen LogP contribution is -2.30. The Morgan fingerprint density at radius 3 is 0.735 bits per heavy atom. The standard InChI is InChI=1S/C77H132O6/c1-4-7-10-13-16-19-22-24-26-28-30-32-34-35-36-37-38-39-40-41-42-43-44-46-47-49-51-53-55-58-61-64-67-70-76(79)82-73-74(72-81-75(78)69-66-63-60-57-21-18-15-12-9-6-3)83-77(80)71-68-65-62-59-56-54-52-50-48-45-33-31-29-27-25-23-20-17-14-11-8-5-2/h7,10,16,19,24,26,30,32,35-36,38-39,41-42,44,46,49,51,74H,4-6,8-9,11-15,17-18,20-23,25,27-29,31,33-34,37,40,43,45,47-48,50,52-73H2,1-3H3/b10-7-,19-16-,26-24-,32-30-,36-35-,39-38-,42-41-,46-44-,51-49-. The Labute approximate surface area is 514 Å². The third kappa shape index (κ3) is 68.7. The number of allylic oxidation sites excluding steroid dienone is 18. The van der Waals surface area contributed by atoms with Crippen LogP contribution in [0, 0.1) is 0 Å². The van der Waals surface area contributed by atoms with E-state index in [0.29, 0.717) is 19.3 Å². The average Bonchev–Trinajstić information content (AvgIpc) is 3.49. The number of ether oxygens (including phenoxy) is 3. The zero-order chi connectivity index (χ0) is 59.9. The second kappa shape index (κ2) is 70.6. The number of rotatable bonds is 64. The Morgan fingerprint density at radius 1 is 0.253 bits per heavy atom. The van der Waals surface area contributed by atoms with Crippen molar-refractivity contribution >= 4 is 17.9 Å². The van der Waals surface area contributed by atoms with E-state index in [9.17, 15) is 14.4 Å². The summed E-state index contributed by atoms with van der Waals surface area (Å²) in [6, 6.07) is 0. The van der Waals surface area contributed by atoms with E-state index in [1.807, 2.05) is 0 Å². The van der Waals surface area contributed by atoms with Gasteiger partial charge in [-0.25, -0.2) is 0 Å². The molecular formula is C77H132O6. The molecule has 83 heavy (non-hydrogen) atoms. The van der Waals surface area contributed by atoms with Crippen LogP contribution in [0.2, 0.25) is 0 Å². The maximum Gasteiger partial charge on any atom is 0.306 e. The van der Waals surface area contributed by atoms with Gasteiger partial charge in [0.15, 0.2) is 6.10 Å². The topological polar surface area (TPSA) is 78.9 Å². The number of carbonyl (C=O) groups is 3. The molecule has 0 aromatic rings. The van der Waals surface area contributed by atoms with E-state index >= 15 is 0 Å². The van der Waals surface area contributed by atoms with Crippen molar-refractivity contribution < 1.29 is 28.6 Å². The van der Waals surface area contributed by atoms with Gasteiger partial charge in [-0.2, -0.15) is 0 Å². The molecule has 0 heterocycles. The quantitative estimate of drug-likeness (QED) is 0.0261. The van der Waals surface area contributed by atoms with Crippen molar-refractivity contribution in [1.29, 1.82) is 0 Å². The van der Waals surface area contributed by atoms with Gasteiger partial charge in [-0.1, -0.05) is 342 Å². The molecule has 0 saturated heterocycles. The molecule has 6 nitrogen and oxygen atoms in total. The van der Waals surface area contributed by atoms with Gasteiger partial charge in [0.05, 0.1) is 0 Å². The maximum atomic E-state index is 12.9. The van der Waals surface area contributed by atoms with Crippen molar-refractivity contribution in [1.82, 2.24) is 0 Å². The molecule has 0 bridgehead atoms. The zero-order valence-corrected chi connectivity index (χ0v) is 54.7. The smallest absolute Gasteiger partial charge is 0.306 e. The number of unbranched alkanes of at least 4 members (excludes halogenated alkanes) is 35. The molecule has 476 valence electrons. The summed E-state index contributed by atoms with van der Waals surface area (Å²) in [6.45, 7) is 6.54. The third-order valence-corrected chi connectivity index (χ3v) is 15.3. The molecule has 0 aliphatic carbocycles. The SMILES string of the molecule is CC/C=C\C/C=C\C/C=C\C/C=C\C/C=C\C/C=C\C/C=C\C/C=C\C/C=C\CCCCCCCC(=O)OCC(COC(=O)CCCCCCCCCCCC)OC(=O)CCCCCCCCCCCCCCCCCCCCCCCC. The van der Waals surface area contributed by atoms with Crippen molar-refractivity contribution in [3.63, 3.8) is 0 Å². The van der Waals surface area contributed by atoms with Crippen molar-refractivity contribution in [2.45, 2.75) is 348 Å². The van der Waals surface area contributed by atoms with Crippen molar-refractivity contribution in [3.8, 4) is 0 Å². The summed E-state index contributed by atoms with van der Waals surface area (Å²) in [4.78, 5) is 38.3. The van der Waals surface area contributed by atoms with Crippen LogP contribution in [0.25, 0.3) is 0 Å². The monoisotopic (exact) mass is 1150 g/mol. The van der Waals surface area contributed by atoms with Crippen LogP contribution in [0.3, 0.4) is 0 Å². The first-order valence-electron chi connectivity index (χ1n) is 35.4. The van der Waals surface area contributed by atoms with E-state index in [4.69, 9.17) is 14.2 Å². The van der Waals surface area contributed by atoms with Crippen molar-refractivity contribution in [2.75, 3.05) is 13.2 Å². The van der Waals surface area contributed by atoms with E-state index < -0.39 is 6.10 Å². The molecule has 0 N–H and O–H groups in total. The normalized spacial score (nSPS) is 12.8. The first-order chi connectivity index (χ1) is 41.0. The van der Waals surface area contributed by atoms with Gasteiger partial charge in [0.2, 0.25) is 0 Å². The molecule has 0 fully saturated rings. The predicted octanol–water partition coefficient (Wildman–Crippen LogP) is 24.6. The molecule has 0 rings (SSSR count). The van der Waals surface area contributed by atoms with Crippen LogP contribution in [0.4, 0.5) is 0 Å². The highest BCUT2D eigenvalue weighted by molar-refractivity contribution is 5.71. The molecule has 0 amide bonds. The fraction of sp³-hybridized carbons (Fsp3) is 0.727. The van der Waals surface area contributed by atoms with Crippen molar-refractivity contribution in [2.24, 2.45) is 0 Å². The molecule has 0 aromatic heterocycles. The fourth-order valence-corrected chi connectivity index (χ4v) is 10.0. The van der Waals surface area contributed by atoms with Gasteiger partial charge < -0.3 is 14.2 Å². The van der Waals surface area contributed by atoms with E-state index in [0.717, 1.165) is 135 Å². The second-order valence-corrected chi connectivity index (χ2v) is 23.4. The van der Waals surface area contributed by atoms with Gasteiger partial charge in [-0.3, -0.25) is 14.4 Å². The first kappa shape index (κ1) is 79.1. The van der Waals surface area contributed by atoms with E-state index in [1.165, 1.54) is 167 Å². The van der Waals surface area contributed by atoms with Gasteiger partial charge in [0, 0.05) is 19.3 Å². The van der Waals surface area contributed by atoms with Gasteiger partial charge in [-0.05, 0) is 89.9 Å². The Balaban J connectivity index is 4.25. The number of hydrogen-bond acceptors (Lipinski definition) is 6. The highest BCUT2D eigenvalue weighted by Gasteiger charge is 2.19. The summed E-state index contributed by atoms with van der Waals surface area (Å²) in [5, 5.41) is 0. The molecule has 0 saturated carbocycles. The summed E-state index contributed by atoms with van der Waals surface area (Å²) < 4.78 is 16.9. The third-order valence-electron chi connectivity index (χ3n) is 15.3. The lowest BCUT2D eigenvalue weighted by atomic mass is 10.0. The molecule has 1 atom stereocenters. The van der Waals surface area contributed by atoms with Crippen LogP contribution in [0.5, 0.6) is 0 Å². The highest BCUT2D eigenvalue weighted by Crippen LogP contribution is 2.17.